The molecule has 2 aromatic carbocycles. The minimum absolute atomic E-state index is 0.248. The molecule has 2 aromatic rings. The molecule has 0 aliphatic rings. The van der Waals surface area contributed by atoms with Gasteiger partial charge in [0.05, 0.1) is 17.2 Å². The zero-order chi connectivity index (χ0) is 16.2. The van der Waals surface area contributed by atoms with Crippen molar-refractivity contribution in [2.24, 2.45) is 0 Å². The van der Waals surface area contributed by atoms with Gasteiger partial charge in [-0.1, -0.05) is 19.1 Å². The molecule has 118 valence electrons. The molecule has 0 atom stereocenters. The van der Waals surface area contributed by atoms with Crippen LogP contribution < -0.4 is 9.04 Å². The lowest BCUT2D eigenvalue weighted by molar-refractivity contribution is 0.340. The minimum Gasteiger partial charge on any atom is -0.494 e. The van der Waals surface area contributed by atoms with Crippen molar-refractivity contribution >= 4 is 15.7 Å². The summed E-state index contributed by atoms with van der Waals surface area (Å²) >= 11 is 0. The average molecular weight is 319 g/mol. The fourth-order valence-electron chi connectivity index (χ4n) is 2.11. The summed E-state index contributed by atoms with van der Waals surface area (Å²) in [5.74, 6) is 0.663. The first-order valence-corrected chi connectivity index (χ1v) is 8.73. The molecule has 0 saturated heterocycles. The Bertz CT molecular complexity index is 707. The summed E-state index contributed by atoms with van der Waals surface area (Å²) in [5.41, 5.74) is 1.82. The normalized spacial score (nSPS) is 11.2. The number of rotatable bonds is 6. The molecule has 0 amide bonds. The van der Waals surface area contributed by atoms with Crippen molar-refractivity contribution in [3.63, 3.8) is 0 Å². The van der Waals surface area contributed by atoms with E-state index in [2.05, 4.69) is 6.92 Å². The summed E-state index contributed by atoms with van der Waals surface area (Å²) in [6.07, 6.45) is 0.926. The van der Waals surface area contributed by atoms with Crippen LogP contribution in [0.4, 0.5) is 5.69 Å². The Kier molecular flexibility index (Phi) is 5.08. The Morgan fingerprint density at radius 3 is 2.05 bits per heavy atom. The topological polar surface area (TPSA) is 46.6 Å². The molecule has 0 aliphatic carbocycles. The molecule has 0 N–H and O–H groups in total. The van der Waals surface area contributed by atoms with Gasteiger partial charge in [-0.2, -0.15) is 0 Å². The molecule has 0 saturated carbocycles. The van der Waals surface area contributed by atoms with Crippen molar-refractivity contribution in [3.8, 4) is 5.75 Å². The van der Waals surface area contributed by atoms with Crippen molar-refractivity contribution in [3.05, 3.63) is 54.1 Å². The van der Waals surface area contributed by atoms with Crippen LogP contribution in [0, 0.1) is 0 Å². The summed E-state index contributed by atoms with van der Waals surface area (Å²) in [7, 11) is -2.00. The second-order valence-corrected chi connectivity index (χ2v) is 6.87. The largest absolute Gasteiger partial charge is 0.494 e. The molecular formula is C17H21NO3S. The second kappa shape index (κ2) is 6.83. The maximum atomic E-state index is 12.6. The Balaban J connectivity index is 2.27. The van der Waals surface area contributed by atoms with E-state index in [9.17, 15) is 8.42 Å². The number of benzene rings is 2. The van der Waals surface area contributed by atoms with E-state index >= 15 is 0 Å². The van der Waals surface area contributed by atoms with E-state index in [1.807, 2.05) is 31.2 Å². The lowest BCUT2D eigenvalue weighted by Gasteiger charge is -2.20. The first kappa shape index (κ1) is 16.4. The Hall–Kier alpha value is -2.01. The Morgan fingerprint density at radius 2 is 1.55 bits per heavy atom. The molecule has 0 unspecified atom stereocenters. The van der Waals surface area contributed by atoms with Gasteiger partial charge in [0, 0.05) is 7.05 Å². The van der Waals surface area contributed by atoms with Crippen LogP contribution >= 0.6 is 0 Å². The van der Waals surface area contributed by atoms with Gasteiger partial charge in [-0.05, 0) is 55.3 Å². The first-order chi connectivity index (χ1) is 10.5. The highest BCUT2D eigenvalue weighted by molar-refractivity contribution is 7.92. The van der Waals surface area contributed by atoms with E-state index in [0.29, 0.717) is 18.0 Å². The monoisotopic (exact) mass is 319 g/mol. The average Bonchev–Trinajstić information content (AvgIpc) is 2.55. The standard InChI is InChI=1S/C17H21NO3S/c1-4-14-6-8-15(9-7-14)18(3)22(19,20)17-12-10-16(11-13-17)21-5-2/h6-13H,4-5H2,1-3H3. The van der Waals surface area contributed by atoms with Crippen LogP contribution in [-0.4, -0.2) is 22.1 Å². The highest BCUT2D eigenvalue weighted by Crippen LogP contribution is 2.24. The molecule has 0 bridgehead atoms. The molecule has 4 nitrogen and oxygen atoms in total. The molecule has 0 heterocycles. The van der Waals surface area contributed by atoms with Crippen molar-refractivity contribution in [1.82, 2.24) is 0 Å². The smallest absolute Gasteiger partial charge is 0.264 e. The highest BCUT2D eigenvalue weighted by Gasteiger charge is 2.21. The summed E-state index contributed by atoms with van der Waals surface area (Å²) < 4.78 is 31.9. The van der Waals surface area contributed by atoms with Gasteiger partial charge in [-0.15, -0.1) is 0 Å². The van der Waals surface area contributed by atoms with Crippen LogP contribution in [0.1, 0.15) is 19.4 Å². The Labute approximate surface area is 132 Å². The molecule has 5 heteroatoms. The maximum absolute atomic E-state index is 12.6. The van der Waals surface area contributed by atoms with Gasteiger partial charge >= 0.3 is 0 Å². The number of aryl methyl sites for hydroxylation is 1. The van der Waals surface area contributed by atoms with Crippen molar-refractivity contribution in [1.29, 1.82) is 0 Å². The van der Waals surface area contributed by atoms with E-state index in [1.54, 1.807) is 31.3 Å². The van der Waals surface area contributed by atoms with Gasteiger partial charge in [-0.3, -0.25) is 4.31 Å². The molecule has 0 aliphatic heterocycles. The highest BCUT2D eigenvalue weighted by atomic mass is 32.2. The lowest BCUT2D eigenvalue weighted by atomic mass is 10.1. The number of sulfonamides is 1. The third-order valence-corrected chi connectivity index (χ3v) is 5.30. The van der Waals surface area contributed by atoms with Gasteiger partial charge in [0.15, 0.2) is 0 Å². The van der Waals surface area contributed by atoms with Crippen molar-refractivity contribution in [2.75, 3.05) is 18.0 Å². The molecule has 2 rings (SSSR count). The molecule has 0 aromatic heterocycles. The van der Waals surface area contributed by atoms with Gasteiger partial charge in [-0.25, -0.2) is 8.42 Å². The summed E-state index contributed by atoms with van der Waals surface area (Å²) in [6, 6.07) is 14.0. The van der Waals surface area contributed by atoms with E-state index in [-0.39, 0.29) is 4.90 Å². The second-order valence-electron chi connectivity index (χ2n) is 4.90. The molecule has 0 spiro atoms. The fourth-order valence-corrected chi connectivity index (χ4v) is 3.31. The summed E-state index contributed by atoms with van der Waals surface area (Å²) in [4.78, 5) is 0.248. The van der Waals surface area contributed by atoms with Crippen LogP contribution in [0.2, 0.25) is 0 Å². The van der Waals surface area contributed by atoms with E-state index in [4.69, 9.17) is 4.74 Å². The van der Waals surface area contributed by atoms with Crippen LogP contribution in [0.25, 0.3) is 0 Å². The van der Waals surface area contributed by atoms with Gasteiger partial charge in [0.1, 0.15) is 5.75 Å². The quantitative estimate of drug-likeness (QED) is 0.819. The van der Waals surface area contributed by atoms with Gasteiger partial charge in [0.2, 0.25) is 0 Å². The number of anilines is 1. The molecular weight excluding hydrogens is 298 g/mol. The van der Waals surface area contributed by atoms with Crippen LogP contribution in [-0.2, 0) is 16.4 Å². The number of ether oxygens (including phenoxy) is 1. The number of nitrogens with zero attached hydrogens (tertiary/aromatic N) is 1. The lowest BCUT2D eigenvalue weighted by Crippen LogP contribution is -2.26. The maximum Gasteiger partial charge on any atom is 0.264 e. The van der Waals surface area contributed by atoms with E-state index in [1.165, 1.54) is 9.87 Å². The number of hydrogen-bond donors (Lipinski definition) is 0. The van der Waals surface area contributed by atoms with E-state index < -0.39 is 10.0 Å². The van der Waals surface area contributed by atoms with Gasteiger partial charge in [0.25, 0.3) is 10.0 Å². The predicted molar refractivity (Wildman–Crippen MR) is 89.0 cm³/mol. The molecule has 22 heavy (non-hydrogen) atoms. The first-order valence-electron chi connectivity index (χ1n) is 7.29. The zero-order valence-corrected chi connectivity index (χ0v) is 13.9. The fraction of sp³-hybridized carbons (Fsp3) is 0.294. The molecule has 0 radical (unpaired) electrons. The van der Waals surface area contributed by atoms with Crippen molar-refractivity contribution in [2.45, 2.75) is 25.2 Å². The van der Waals surface area contributed by atoms with Crippen LogP contribution in [0.5, 0.6) is 5.75 Å². The third kappa shape index (κ3) is 3.42. The predicted octanol–water partition coefficient (Wildman–Crippen LogP) is 3.47. The van der Waals surface area contributed by atoms with E-state index in [0.717, 1.165) is 6.42 Å². The SMILES string of the molecule is CCOc1ccc(S(=O)(=O)N(C)c2ccc(CC)cc2)cc1. The van der Waals surface area contributed by atoms with Crippen LogP contribution in [0.15, 0.2) is 53.4 Å². The molecule has 0 fully saturated rings. The third-order valence-electron chi connectivity index (χ3n) is 3.50. The number of hydrogen-bond acceptors (Lipinski definition) is 3. The van der Waals surface area contributed by atoms with Crippen LogP contribution in [0.3, 0.4) is 0 Å². The Morgan fingerprint density at radius 1 is 0.955 bits per heavy atom. The minimum atomic E-state index is -3.57. The summed E-state index contributed by atoms with van der Waals surface area (Å²) in [6.45, 7) is 4.50. The zero-order valence-electron chi connectivity index (χ0n) is 13.1. The van der Waals surface area contributed by atoms with Gasteiger partial charge < -0.3 is 4.74 Å². The summed E-state index contributed by atoms with van der Waals surface area (Å²) in [5, 5.41) is 0. The van der Waals surface area contributed by atoms with Crippen molar-refractivity contribution < 1.29 is 13.2 Å².